The Morgan fingerprint density at radius 3 is 2.71 bits per heavy atom. The quantitative estimate of drug-likeness (QED) is 0.434. The molecule has 2 aromatic rings. The van der Waals surface area contributed by atoms with Crippen molar-refractivity contribution in [2.75, 3.05) is 14.1 Å². The van der Waals surface area contributed by atoms with Crippen LogP contribution in [0.2, 0.25) is 0 Å². The number of allylic oxidation sites excluding steroid dienone is 1. The molecule has 1 aromatic heterocycles. The highest BCUT2D eigenvalue weighted by Gasteiger charge is 2.62. The minimum Gasteiger partial charge on any atom is -0.470 e. The number of carbonyl (C=O) groups excluding carboxylic acids is 2. The van der Waals surface area contributed by atoms with E-state index in [-0.39, 0.29) is 30.3 Å². The average molecular weight is 400 g/mol. The van der Waals surface area contributed by atoms with Gasteiger partial charge in [-0.2, -0.15) is 0 Å². The number of rotatable bonds is 5. The van der Waals surface area contributed by atoms with E-state index in [0.29, 0.717) is 5.76 Å². The van der Waals surface area contributed by atoms with E-state index in [0.717, 1.165) is 5.56 Å². The molecule has 0 saturated carbocycles. The van der Waals surface area contributed by atoms with Gasteiger partial charge in [-0.05, 0) is 24.8 Å². The number of ether oxygens (including phenoxy) is 1. The molecule has 0 aliphatic heterocycles. The predicted molar refractivity (Wildman–Crippen MR) is 104 cm³/mol. The number of fused-ring (bicyclic) bond motifs is 2. The second-order valence-corrected chi connectivity index (χ2v) is 7.41. The third-order valence-corrected chi connectivity index (χ3v) is 5.72. The summed E-state index contributed by atoms with van der Waals surface area (Å²) < 4.78 is 16.9. The first-order chi connectivity index (χ1) is 13.5. The number of nitrogens with zero attached hydrogens (tertiary/aromatic N) is 2. The first kappa shape index (κ1) is 19.0. The van der Waals surface area contributed by atoms with Gasteiger partial charge in [-0.3, -0.25) is 14.5 Å². The Bertz CT molecular complexity index is 939. The van der Waals surface area contributed by atoms with E-state index in [9.17, 15) is 9.59 Å². The van der Waals surface area contributed by atoms with Crippen LogP contribution in [0, 0.1) is 5.92 Å². The van der Waals surface area contributed by atoms with Crippen LogP contribution in [-0.2, 0) is 15.9 Å². The standard InChI is InChI=1S/C20H21N2O5P/c1-22(2)16-13-9-6-10-14(23)20(13,27-28)18(24)15-17(16)26-21-19(15)25-11-12-7-4-3-5-8-12/h3-9,13,16H,10-11,28H2,1-2H3/t13-,16-,20-/m0/s1. The van der Waals surface area contributed by atoms with Crippen molar-refractivity contribution >= 4 is 21.0 Å². The number of hydrogen-bond acceptors (Lipinski definition) is 7. The van der Waals surface area contributed by atoms with Gasteiger partial charge in [-0.15, -0.1) is 0 Å². The fourth-order valence-electron chi connectivity index (χ4n) is 4.03. The van der Waals surface area contributed by atoms with Gasteiger partial charge in [0, 0.05) is 21.8 Å². The number of benzene rings is 1. The van der Waals surface area contributed by atoms with Crippen molar-refractivity contribution in [3.63, 3.8) is 0 Å². The van der Waals surface area contributed by atoms with Gasteiger partial charge >= 0.3 is 0 Å². The van der Waals surface area contributed by atoms with Crippen LogP contribution in [0.1, 0.15) is 34.1 Å². The van der Waals surface area contributed by atoms with Crippen molar-refractivity contribution in [3.05, 3.63) is 59.4 Å². The Kier molecular flexibility index (Phi) is 4.91. The summed E-state index contributed by atoms with van der Waals surface area (Å²) in [6.45, 7) is 0.228. The van der Waals surface area contributed by atoms with Gasteiger partial charge in [0.15, 0.2) is 11.5 Å². The molecule has 0 spiro atoms. The van der Waals surface area contributed by atoms with Crippen molar-refractivity contribution in [1.29, 1.82) is 0 Å². The summed E-state index contributed by atoms with van der Waals surface area (Å²) in [5.74, 6) is -0.804. The fraction of sp³-hybridized carbons (Fsp3) is 0.350. The van der Waals surface area contributed by atoms with E-state index in [1.165, 1.54) is 0 Å². The molecular formula is C20H21N2O5P. The zero-order chi connectivity index (χ0) is 19.9. The lowest BCUT2D eigenvalue weighted by Crippen LogP contribution is -2.59. The molecule has 2 aliphatic carbocycles. The molecule has 0 bridgehead atoms. The van der Waals surface area contributed by atoms with Crippen LogP contribution in [0.15, 0.2) is 47.0 Å². The molecule has 2 aliphatic rings. The largest absolute Gasteiger partial charge is 0.470 e. The van der Waals surface area contributed by atoms with Gasteiger partial charge in [0.2, 0.25) is 11.4 Å². The van der Waals surface area contributed by atoms with E-state index in [1.807, 2.05) is 55.4 Å². The number of ketones is 2. The van der Waals surface area contributed by atoms with Crippen LogP contribution in [0.25, 0.3) is 0 Å². The summed E-state index contributed by atoms with van der Waals surface area (Å²) in [7, 11) is 5.81. The molecule has 146 valence electrons. The minimum atomic E-state index is -1.63. The van der Waals surface area contributed by atoms with Crippen LogP contribution < -0.4 is 4.74 Å². The van der Waals surface area contributed by atoms with Crippen molar-refractivity contribution < 1.29 is 23.4 Å². The van der Waals surface area contributed by atoms with Crippen LogP contribution in [0.3, 0.4) is 0 Å². The lowest BCUT2D eigenvalue weighted by molar-refractivity contribution is -0.134. The summed E-state index contributed by atoms with van der Waals surface area (Å²) in [6, 6.07) is 9.15. The number of Topliss-reactive ketones (excluding diaryl/α,β-unsaturated/α-hetero) is 2. The Hall–Kier alpha value is -2.34. The molecular weight excluding hydrogens is 379 g/mol. The first-order valence-electron chi connectivity index (χ1n) is 8.96. The normalized spacial score (nSPS) is 26.3. The van der Waals surface area contributed by atoms with Gasteiger partial charge < -0.3 is 13.8 Å². The topological polar surface area (TPSA) is 81.9 Å². The van der Waals surface area contributed by atoms with Gasteiger partial charge in [0.1, 0.15) is 12.2 Å². The molecule has 0 N–H and O–H groups in total. The van der Waals surface area contributed by atoms with Crippen molar-refractivity contribution in [3.8, 4) is 5.88 Å². The van der Waals surface area contributed by atoms with Gasteiger partial charge in [0.25, 0.3) is 5.88 Å². The Labute approximate surface area is 164 Å². The average Bonchev–Trinajstić information content (AvgIpc) is 3.11. The molecule has 1 unspecified atom stereocenters. The summed E-state index contributed by atoms with van der Waals surface area (Å²) in [4.78, 5) is 28.2. The molecule has 7 nitrogen and oxygen atoms in total. The van der Waals surface area contributed by atoms with E-state index in [4.69, 9.17) is 13.8 Å². The molecule has 0 saturated heterocycles. The highest BCUT2D eigenvalue weighted by Crippen LogP contribution is 2.51. The molecule has 1 heterocycles. The van der Waals surface area contributed by atoms with Crippen molar-refractivity contribution in [1.82, 2.24) is 10.1 Å². The van der Waals surface area contributed by atoms with Gasteiger partial charge in [-0.1, -0.05) is 42.5 Å². The summed E-state index contributed by atoms with van der Waals surface area (Å²) >= 11 is 0. The molecule has 0 radical (unpaired) electrons. The van der Waals surface area contributed by atoms with Crippen LogP contribution in [-0.4, -0.2) is 41.3 Å². The molecule has 0 fully saturated rings. The molecule has 4 rings (SSSR count). The lowest BCUT2D eigenvalue weighted by atomic mass is 9.66. The van der Waals surface area contributed by atoms with Gasteiger partial charge in [0.05, 0.1) is 6.04 Å². The molecule has 8 heteroatoms. The van der Waals surface area contributed by atoms with E-state index >= 15 is 0 Å². The second kappa shape index (κ2) is 7.24. The van der Waals surface area contributed by atoms with E-state index in [1.54, 1.807) is 6.08 Å². The Morgan fingerprint density at radius 1 is 1.29 bits per heavy atom. The Morgan fingerprint density at radius 2 is 2.04 bits per heavy atom. The third-order valence-electron chi connectivity index (χ3n) is 5.35. The molecule has 28 heavy (non-hydrogen) atoms. The molecule has 0 amide bonds. The predicted octanol–water partition coefficient (Wildman–Crippen LogP) is 2.74. The maximum absolute atomic E-state index is 13.5. The number of aromatic nitrogens is 1. The summed E-state index contributed by atoms with van der Waals surface area (Å²) in [5.41, 5.74) is -0.521. The van der Waals surface area contributed by atoms with Crippen molar-refractivity contribution in [2.24, 2.45) is 5.92 Å². The van der Waals surface area contributed by atoms with Crippen LogP contribution in [0.4, 0.5) is 0 Å². The molecule has 4 atom stereocenters. The summed E-state index contributed by atoms with van der Waals surface area (Å²) in [5, 5.41) is 4.00. The van der Waals surface area contributed by atoms with Crippen LogP contribution in [0.5, 0.6) is 5.88 Å². The maximum atomic E-state index is 13.5. The Balaban J connectivity index is 1.79. The SMILES string of the molecule is CN(C)[C@@H]1c2onc(OCc3ccccc3)c2C(=O)[C@@]2(OP)C(=O)CC=C[C@@H]12. The highest BCUT2D eigenvalue weighted by atomic mass is 31.0. The zero-order valence-electron chi connectivity index (χ0n) is 15.6. The third kappa shape index (κ3) is 2.73. The van der Waals surface area contributed by atoms with E-state index in [2.05, 4.69) is 14.6 Å². The monoisotopic (exact) mass is 400 g/mol. The second-order valence-electron chi connectivity index (χ2n) is 7.17. The molecule has 1 aromatic carbocycles. The first-order valence-corrected chi connectivity index (χ1v) is 9.43. The van der Waals surface area contributed by atoms with Crippen LogP contribution >= 0.6 is 9.47 Å². The number of carbonyl (C=O) groups is 2. The zero-order valence-corrected chi connectivity index (χ0v) is 16.8. The highest BCUT2D eigenvalue weighted by molar-refractivity contribution is 7.10. The smallest absolute Gasteiger partial charge is 0.265 e. The maximum Gasteiger partial charge on any atom is 0.265 e. The van der Waals surface area contributed by atoms with Crippen molar-refractivity contribution in [2.45, 2.75) is 24.7 Å². The fourth-order valence-corrected chi connectivity index (χ4v) is 4.42. The van der Waals surface area contributed by atoms with Gasteiger partial charge in [-0.25, -0.2) is 0 Å². The minimum absolute atomic E-state index is 0.0814. The lowest BCUT2D eigenvalue weighted by Gasteiger charge is -2.45. The summed E-state index contributed by atoms with van der Waals surface area (Å²) in [6.07, 6.45) is 3.76. The number of hydrogen-bond donors (Lipinski definition) is 0. The van der Waals surface area contributed by atoms with E-state index < -0.39 is 23.3 Å².